The lowest BCUT2D eigenvalue weighted by Crippen LogP contribution is -2.07. The van der Waals surface area contributed by atoms with Crippen molar-refractivity contribution < 1.29 is 9.90 Å². The summed E-state index contributed by atoms with van der Waals surface area (Å²) >= 11 is 0. The molecule has 110 valence electrons. The molecule has 5 heteroatoms. The van der Waals surface area contributed by atoms with Gasteiger partial charge in [-0.05, 0) is 11.6 Å². The highest BCUT2D eigenvalue weighted by molar-refractivity contribution is 5.87. The fourth-order valence-electron chi connectivity index (χ4n) is 2.42. The second-order valence-corrected chi connectivity index (χ2v) is 5.02. The third kappa shape index (κ3) is 2.61. The molecule has 2 heterocycles. The van der Waals surface area contributed by atoms with Gasteiger partial charge in [0, 0.05) is 24.5 Å². The number of benzene rings is 1. The molecule has 0 unspecified atom stereocenters. The Morgan fingerprint density at radius 2 is 2.00 bits per heavy atom. The van der Waals surface area contributed by atoms with Crippen LogP contribution in [0.5, 0.6) is 0 Å². The Balaban J connectivity index is 2.02. The lowest BCUT2D eigenvalue weighted by Gasteiger charge is -2.14. The normalized spacial score (nSPS) is 12.0. The number of nitrogens with zero attached hydrogens (tertiary/aromatic N) is 3. The van der Waals surface area contributed by atoms with E-state index >= 15 is 0 Å². The van der Waals surface area contributed by atoms with Crippen LogP contribution in [0.15, 0.2) is 61.2 Å². The highest BCUT2D eigenvalue weighted by atomic mass is 16.4. The number of aromatic carboxylic acids is 1. The van der Waals surface area contributed by atoms with Crippen LogP contribution < -0.4 is 0 Å². The van der Waals surface area contributed by atoms with Crippen molar-refractivity contribution in [1.29, 1.82) is 0 Å². The number of imidazole rings is 1. The zero-order chi connectivity index (χ0) is 15.5. The molecule has 0 radical (unpaired) electrons. The molecule has 0 amide bonds. The van der Waals surface area contributed by atoms with E-state index < -0.39 is 5.97 Å². The van der Waals surface area contributed by atoms with Crippen molar-refractivity contribution in [3.05, 3.63) is 78.1 Å². The maximum absolute atomic E-state index is 11.1. The molecule has 0 saturated carbocycles. The largest absolute Gasteiger partial charge is 0.478 e. The maximum Gasteiger partial charge on any atom is 0.337 e. The topological polar surface area (TPSA) is 68.0 Å². The van der Waals surface area contributed by atoms with Gasteiger partial charge < -0.3 is 9.67 Å². The Bertz CT molecular complexity index is 796. The zero-order valence-electron chi connectivity index (χ0n) is 12.0. The summed E-state index contributed by atoms with van der Waals surface area (Å²) in [6.07, 6.45) is 6.50. The van der Waals surface area contributed by atoms with Crippen molar-refractivity contribution in [2.24, 2.45) is 0 Å². The minimum Gasteiger partial charge on any atom is -0.478 e. The van der Waals surface area contributed by atoms with E-state index in [9.17, 15) is 4.79 Å². The summed E-state index contributed by atoms with van der Waals surface area (Å²) in [6, 6.07) is 11.7. The Hall–Kier alpha value is -2.95. The van der Waals surface area contributed by atoms with Crippen LogP contribution in [0.4, 0.5) is 0 Å². The summed E-state index contributed by atoms with van der Waals surface area (Å²) in [5, 5.41) is 9.10. The molecule has 0 saturated heterocycles. The van der Waals surface area contributed by atoms with Crippen molar-refractivity contribution in [2.75, 3.05) is 0 Å². The van der Waals surface area contributed by atoms with Crippen molar-refractivity contribution in [3.8, 4) is 5.69 Å². The number of pyridine rings is 1. The molecule has 0 aliphatic rings. The van der Waals surface area contributed by atoms with Crippen LogP contribution in [-0.2, 0) is 0 Å². The summed E-state index contributed by atoms with van der Waals surface area (Å²) in [5.74, 6) is -0.0626. The third-order valence-corrected chi connectivity index (χ3v) is 3.61. The number of carboxylic acids is 1. The molecule has 0 fully saturated rings. The van der Waals surface area contributed by atoms with Gasteiger partial charge in [-0.15, -0.1) is 0 Å². The van der Waals surface area contributed by atoms with Crippen LogP contribution in [0.1, 0.15) is 34.6 Å². The molecule has 1 aromatic carbocycles. The molecule has 3 rings (SSSR count). The van der Waals surface area contributed by atoms with Crippen molar-refractivity contribution >= 4 is 5.97 Å². The van der Waals surface area contributed by atoms with Crippen LogP contribution >= 0.6 is 0 Å². The molecule has 0 aliphatic carbocycles. The van der Waals surface area contributed by atoms with E-state index in [1.807, 2.05) is 29.0 Å². The number of hydrogen-bond acceptors (Lipinski definition) is 3. The molecule has 0 bridgehead atoms. The van der Waals surface area contributed by atoms with E-state index in [-0.39, 0.29) is 11.5 Å². The van der Waals surface area contributed by atoms with Gasteiger partial charge in [-0.2, -0.15) is 0 Å². The molecule has 22 heavy (non-hydrogen) atoms. The fraction of sp³-hybridized carbons (Fsp3) is 0.118. The quantitative estimate of drug-likeness (QED) is 0.802. The smallest absolute Gasteiger partial charge is 0.337 e. The summed E-state index contributed by atoms with van der Waals surface area (Å²) < 4.78 is 1.87. The lowest BCUT2D eigenvalue weighted by molar-refractivity contribution is 0.0696. The number of aromatic nitrogens is 3. The van der Waals surface area contributed by atoms with E-state index in [4.69, 9.17) is 5.11 Å². The molecule has 3 aromatic rings. The zero-order valence-corrected chi connectivity index (χ0v) is 12.0. The van der Waals surface area contributed by atoms with Gasteiger partial charge >= 0.3 is 5.97 Å². The first-order valence-electron chi connectivity index (χ1n) is 6.93. The Morgan fingerprint density at radius 3 is 2.73 bits per heavy atom. The van der Waals surface area contributed by atoms with Gasteiger partial charge in [0.1, 0.15) is 5.82 Å². The molecule has 1 N–H and O–H groups in total. The maximum atomic E-state index is 11.1. The van der Waals surface area contributed by atoms with Crippen molar-refractivity contribution in [3.63, 3.8) is 0 Å². The highest BCUT2D eigenvalue weighted by Gasteiger charge is 2.16. The predicted molar refractivity (Wildman–Crippen MR) is 82.3 cm³/mol. The number of carboxylic acid groups (broad SMARTS) is 1. The van der Waals surface area contributed by atoms with Crippen LogP contribution in [0.2, 0.25) is 0 Å². The minimum absolute atomic E-state index is 0.0877. The van der Waals surface area contributed by atoms with Crippen LogP contribution in [0, 0.1) is 0 Å². The lowest BCUT2D eigenvalue weighted by atomic mass is 10.0. The first kappa shape index (κ1) is 14.0. The van der Waals surface area contributed by atoms with Crippen molar-refractivity contribution in [2.45, 2.75) is 12.8 Å². The summed E-state index contributed by atoms with van der Waals surface area (Å²) in [7, 11) is 0. The van der Waals surface area contributed by atoms with Gasteiger partial charge in [-0.1, -0.05) is 37.3 Å². The van der Waals surface area contributed by atoms with Gasteiger partial charge in [0.05, 0.1) is 17.4 Å². The summed E-state index contributed by atoms with van der Waals surface area (Å²) in [4.78, 5) is 19.5. The Morgan fingerprint density at radius 1 is 1.23 bits per heavy atom. The molecule has 0 spiro atoms. The number of hydrogen-bond donors (Lipinski definition) is 1. The standard InChI is InChI=1S/C17H15N3O2/c1-12(13-5-3-2-4-6-13)16-19-7-8-20(16)15-9-14(17(21)22)10-18-11-15/h2-12H,1H3,(H,21,22)/t12-/m1/s1. The molecular weight excluding hydrogens is 278 g/mol. The van der Waals surface area contributed by atoms with Gasteiger partial charge in [0.2, 0.25) is 0 Å². The average molecular weight is 293 g/mol. The second-order valence-electron chi connectivity index (χ2n) is 5.02. The van der Waals surface area contributed by atoms with E-state index in [1.165, 1.54) is 6.20 Å². The van der Waals surface area contributed by atoms with Crippen LogP contribution in [0.3, 0.4) is 0 Å². The van der Waals surface area contributed by atoms with Crippen molar-refractivity contribution in [1.82, 2.24) is 14.5 Å². The second kappa shape index (κ2) is 5.81. The van der Waals surface area contributed by atoms with E-state index in [0.717, 1.165) is 11.4 Å². The SMILES string of the molecule is C[C@H](c1ccccc1)c1nccn1-c1cncc(C(=O)O)c1. The van der Waals surface area contributed by atoms with E-state index in [0.29, 0.717) is 5.69 Å². The minimum atomic E-state index is -0.993. The molecule has 1 atom stereocenters. The molecular formula is C17H15N3O2. The van der Waals surface area contributed by atoms with E-state index in [1.54, 1.807) is 18.5 Å². The van der Waals surface area contributed by atoms with Gasteiger partial charge in [-0.3, -0.25) is 4.98 Å². The number of rotatable bonds is 4. The number of carbonyl (C=O) groups is 1. The molecule has 0 aliphatic heterocycles. The summed E-state index contributed by atoms with van der Waals surface area (Å²) in [6.45, 7) is 2.07. The van der Waals surface area contributed by atoms with Gasteiger partial charge in [0.15, 0.2) is 0 Å². The first-order chi connectivity index (χ1) is 10.7. The van der Waals surface area contributed by atoms with Crippen LogP contribution in [0.25, 0.3) is 5.69 Å². The fourth-order valence-corrected chi connectivity index (χ4v) is 2.42. The molecule has 5 nitrogen and oxygen atoms in total. The van der Waals surface area contributed by atoms with Gasteiger partial charge in [0.25, 0.3) is 0 Å². The van der Waals surface area contributed by atoms with Gasteiger partial charge in [-0.25, -0.2) is 9.78 Å². The van der Waals surface area contributed by atoms with E-state index in [2.05, 4.69) is 29.0 Å². The third-order valence-electron chi connectivity index (χ3n) is 3.61. The predicted octanol–water partition coefficient (Wildman–Crippen LogP) is 3.12. The first-order valence-corrected chi connectivity index (χ1v) is 6.93. The van der Waals surface area contributed by atoms with Crippen LogP contribution in [-0.4, -0.2) is 25.6 Å². The highest BCUT2D eigenvalue weighted by Crippen LogP contribution is 2.24. The Kier molecular flexibility index (Phi) is 3.70. The Labute approximate surface area is 127 Å². The average Bonchev–Trinajstić information content (AvgIpc) is 3.04. The molecule has 2 aromatic heterocycles. The monoisotopic (exact) mass is 293 g/mol. The summed E-state index contributed by atoms with van der Waals surface area (Å²) in [5.41, 5.74) is 2.00.